The topological polar surface area (TPSA) is 79.3 Å². The fraction of sp³-hybridized carbons (Fsp3) is 0.429. The fourth-order valence-corrected chi connectivity index (χ4v) is 2.38. The van der Waals surface area contributed by atoms with Gasteiger partial charge in [0, 0.05) is 13.1 Å². The van der Waals surface area contributed by atoms with Crippen LogP contribution >= 0.6 is 0 Å². The van der Waals surface area contributed by atoms with E-state index in [1.165, 1.54) is 0 Å². The highest BCUT2D eigenvalue weighted by Crippen LogP contribution is 2.26. The zero-order valence-corrected chi connectivity index (χ0v) is 10.7. The van der Waals surface area contributed by atoms with Gasteiger partial charge in [-0.05, 0) is 30.9 Å². The number of piperidine rings is 1. The minimum atomic E-state index is -0.711. The summed E-state index contributed by atoms with van der Waals surface area (Å²) in [6, 6.07) is 9.83. The van der Waals surface area contributed by atoms with E-state index in [9.17, 15) is 4.79 Å². The van der Waals surface area contributed by atoms with Crippen LogP contribution in [0.2, 0.25) is 0 Å². The normalized spacial score (nSPS) is 15.8. The van der Waals surface area contributed by atoms with Crippen LogP contribution in [0.1, 0.15) is 18.4 Å². The molecule has 5 heteroatoms. The molecular weight excluding hydrogens is 242 g/mol. The minimum absolute atomic E-state index is 0.359. The number of amides is 1. The zero-order chi connectivity index (χ0) is 13.7. The second-order valence-electron chi connectivity index (χ2n) is 4.69. The molecule has 0 unspecified atom stereocenters. The van der Waals surface area contributed by atoms with Crippen molar-refractivity contribution in [3.05, 3.63) is 29.8 Å². The van der Waals surface area contributed by atoms with Gasteiger partial charge in [-0.3, -0.25) is 0 Å². The lowest BCUT2D eigenvalue weighted by Gasteiger charge is -2.33. The first kappa shape index (κ1) is 13.2. The van der Waals surface area contributed by atoms with Crippen LogP contribution in [0.3, 0.4) is 0 Å². The van der Waals surface area contributed by atoms with Crippen LogP contribution in [0.4, 0.5) is 10.5 Å². The smallest absolute Gasteiger partial charge is 0.404 e. The van der Waals surface area contributed by atoms with Crippen molar-refractivity contribution in [3.63, 3.8) is 0 Å². The predicted molar refractivity (Wildman–Crippen MR) is 71.6 cm³/mol. The van der Waals surface area contributed by atoms with Crippen molar-refractivity contribution in [1.29, 1.82) is 5.26 Å². The van der Waals surface area contributed by atoms with E-state index in [1.807, 2.05) is 24.3 Å². The third kappa shape index (κ3) is 3.38. The van der Waals surface area contributed by atoms with E-state index in [2.05, 4.69) is 11.0 Å². The number of nitriles is 1. The average Bonchev–Trinajstić information content (AvgIpc) is 2.45. The first-order valence-electron chi connectivity index (χ1n) is 6.37. The summed E-state index contributed by atoms with van der Waals surface area (Å²) in [6.07, 6.45) is 1.16. The number of anilines is 1. The Morgan fingerprint density at radius 1 is 1.42 bits per heavy atom. The van der Waals surface area contributed by atoms with Gasteiger partial charge in [-0.1, -0.05) is 12.1 Å². The van der Waals surface area contributed by atoms with Crippen molar-refractivity contribution in [2.24, 2.45) is 11.7 Å². The molecule has 19 heavy (non-hydrogen) atoms. The predicted octanol–water partition coefficient (Wildman–Crippen LogP) is 1.87. The Labute approximate surface area is 112 Å². The Hall–Kier alpha value is -2.22. The molecule has 2 N–H and O–H groups in total. The molecular formula is C14H17N3O2. The number of ether oxygens (including phenoxy) is 1. The van der Waals surface area contributed by atoms with Gasteiger partial charge in [-0.15, -0.1) is 0 Å². The fourth-order valence-electron chi connectivity index (χ4n) is 2.38. The summed E-state index contributed by atoms with van der Waals surface area (Å²) in [5.41, 5.74) is 6.65. The Morgan fingerprint density at radius 2 is 2.11 bits per heavy atom. The summed E-state index contributed by atoms with van der Waals surface area (Å²) in [5, 5.41) is 9.10. The van der Waals surface area contributed by atoms with Crippen molar-refractivity contribution in [2.75, 3.05) is 24.6 Å². The highest BCUT2D eigenvalue weighted by molar-refractivity contribution is 5.64. The summed E-state index contributed by atoms with van der Waals surface area (Å²) in [6.45, 7) is 2.13. The van der Waals surface area contributed by atoms with Crippen molar-refractivity contribution >= 4 is 11.8 Å². The van der Waals surface area contributed by atoms with Crippen molar-refractivity contribution in [1.82, 2.24) is 0 Å². The summed E-state index contributed by atoms with van der Waals surface area (Å²) >= 11 is 0. The van der Waals surface area contributed by atoms with Gasteiger partial charge in [0.05, 0.1) is 17.9 Å². The molecule has 2 rings (SSSR count). The van der Waals surface area contributed by atoms with Gasteiger partial charge in [0.25, 0.3) is 0 Å². The molecule has 1 aliphatic rings. The number of rotatable bonds is 3. The third-order valence-corrected chi connectivity index (χ3v) is 3.44. The largest absolute Gasteiger partial charge is 0.449 e. The quantitative estimate of drug-likeness (QED) is 0.898. The SMILES string of the molecule is N#Cc1ccccc1N1CCC(COC(N)=O)CC1. The van der Waals surface area contributed by atoms with Crippen molar-refractivity contribution in [2.45, 2.75) is 12.8 Å². The summed E-state index contributed by atoms with van der Waals surface area (Å²) in [5.74, 6) is 0.359. The Morgan fingerprint density at radius 3 is 2.74 bits per heavy atom. The second kappa shape index (κ2) is 6.10. The van der Waals surface area contributed by atoms with Gasteiger partial charge in [0.1, 0.15) is 6.07 Å². The van der Waals surface area contributed by atoms with E-state index >= 15 is 0 Å². The Kier molecular flexibility index (Phi) is 4.24. The molecule has 0 radical (unpaired) electrons. The van der Waals surface area contributed by atoms with E-state index < -0.39 is 6.09 Å². The molecule has 0 bridgehead atoms. The van der Waals surface area contributed by atoms with Gasteiger partial charge >= 0.3 is 6.09 Å². The van der Waals surface area contributed by atoms with Crippen molar-refractivity contribution < 1.29 is 9.53 Å². The first-order chi connectivity index (χ1) is 9.20. The van der Waals surface area contributed by atoms with E-state index in [4.69, 9.17) is 15.7 Å². The van der Waals surface area contributed by atoms with Crippen LogP contribution in [-0.4, -0.2) is 25.8 Å². The van der Waals surface area contributed by atoms with Gasteiger partial charge in [-0.2, -0.15) is 5.26 Å². The lowest BCUT2D eigenvalue weighted by molar-refractivity contribution is 0.129. The molecule has 1 aromatic carbocycles. The number of para-hydroxylation sites is 1. The van der Waals surface area contributed by atoms with Crippen LogP contribution in [0.25, 0.3) is 0 Å². The Balaban J connectivity index is 1.93. The van der Waals surface area contributed by atoms with Gasteiger partial charge in [0.15, 0.2) is 0 Å². The van der Waals surface area contributed by atoms with Crippen LogP contribution in [0.5, 0.6) is 0 Å². The number of nitrogens with zero attached hydrogens (tertiary/aromatic N) is 2. The molecule has 1 fully saturated rings. The molecule has 1 aliphatic heterocycles. The molecule has 0 saturated carbocycles. The van der Waals surface area contributed by atoms with Crippen LogP contribution in [0, 0.1) is 17.2 Å². The van der Waals surface area contributed by atoms with Crippen molar-refractivity contribution in [3.8, 4) is 6.07 Å². The number of nitrogens with two attached hydrogens (primary N) is 1. The number of hydrogen-bond acceptors (Lipinski definition) is 4. The number of carbonyl (C=O) groups excluding carboxylic acids is 1. The molecule has 5 nitrogen and oxygen atoms in total. The monoisotopic (exact) mass is 259 g/mol. The molecule has 1 amide bonds. The van der Waals surface area contributed by atoms with Gasteiger partial charge in [-0.25, -0.2) is 4.79 Å². The average molecular weight is 259 g/mol. The molecule has 0 aromatic heterocycles. The summed E-state index contributed by atoms with van der Waals surface area (Å²) in [4.78, 5) is 12.8. The molecule has 1 saturated heterocycles. The summed E-state index contributed by atoms with van der Waals surface area (Å²) < 4.78 is 4.84. The van der Waals surface area contributed by atoms with E-state index in [-0.39, 0.29) is 0 Å². The molecule has 0 spiro atoms. The second-order valence-corrected chi connectivity index (χ2v) is 4.69. The maximum absolute atomic E-state index is 10.6. The van der Waals surface area contributed by atoms with Crippen LogP contribution in [-0.2, 0) is 4.74 Å². The first-order valence-corrected chi connectivity index (χ1v) is 6.37. The highest BCUT2D eigenvalue weighted by Gasteiger charge is 2.21. The maximum Gasteiger partial charge on any atom is 0.404 e. The summed E-state index contributed by atoms with van der Waals surface area (Å²) in [7, 11) is 0. The van der Waals surface area contributed by atoms with Gasteiger partial charge < -0.3 is 15.4 Å². The number of carbonyl (C=O) groups is 1. The number of primary amides is 1. The van der Waals surface area contributed by atoms with Crippen LogP contribution < -0.4 is 10.6 Å². The highest BCUT2D eigenvalue weighted by atomic mass is 16.5. The lowest BCUT2D eigenvalue weighted by atomic mass is 9.97. The molecule has 0 atom stereocenters. The van der Waals surface area contributed by atoms with E-state index in [0.717, 1.165) is 31.6 Å². The molecule has 1 aromatic rings. The van der Waals surface area contributed by atoms with E-state index in [1.54, 1.807) is 0 Å². The standard InChI is InChI=1S/C14H17N3O2/c15-9-12-3-1-2-4-13(12)17-7-5-11(6-8-17)10-19-14(16)18/h1-4,11H,5-8,10H2,(H2,16,18). The lowest BCUT2D eigenvalue weighted by Crippen LogP contribution is -2.36. The van der Waals surface area contributed by atoms with Gasteiger partial charge in [0.2, 0.25) is 0 Å². The Bertz CT molecular complexity index is 488. The maximum atomic E-state index is 10.6. The molecule has 100 valence electrons. The minimum Gasteiger partial charge on any atom is -0.449 e. The molecule has 0 aliphatic carbocycles. The number of benzene rings is 1. The zero-order valence-electron chi connectivity index (χ0n) is 10.7. The van der Waals surface area contributed by atoms with Crippen LogP contribution in [0.15, 0.2) is 24.3 Å². The third-order valence-electron chi connectivity index (χ3n) is 3.44. The molecule has 1 heterocycles. The number of hydrogen-bond donors (Lipinski definition) is 1. The van der Waals surface area contributed by atoms with E-state index in [0.29, 0.717) is 18.1 Å².